The molecule has 1 unspecified atom stereocenters. The smallest absolute Gasteiger partial charge is 0.233 e. The summed E-state index contributed by atoms with van der Waals surface area (Å²) in [5.74, 6) is 0. The number of methoxy groups -OCH3 is 1. The largest absolute Gasteiger partial charge is 0.375 e. The van der Waals surface area contributed by atoms with Crippen molar-refractivity contribution < 1.29 is 13.2 Å². The van der Waals surface area contributed by atoms with Gasteiger partial charge in [0.15, 0.2) is 0 Å². The highest BCUT2D eigenvalue weighted by atomic mass is 32.2. The summed E-state index contributed by atoms with van der Waals surface area (Å²) in [6.45, 7) is 2.19. The van der Waals surface area contributed by atoms with Crippen molar-refractivity contribution in [3.63, 3.8) is 0 Å². The van der Waals surface area contributed by atoms with Crippen molar-refractivity contribution in [3.05, 3.63) is 63.2 Å². The van der Waals surface area contributed by atoms with Gasteiger partial charge in [0.25, 0.3) is 0 Å². The zero-order valence-corrected chi connectivity index (χ0v) is 14.2. The van der Waals surface area contributed by atoms with Gasteiger partial charge < -0.3 is 4.74 Å². The Morgan fingerprint density at radius 2 is 2.00 bits per heavy atom. The number of hydrogen-bond acceptors (Lipinski definition) is 4. The minimum Gasteiger partial charge on any atom is -0.375 e. The van der Waals surface area contributed by atoms with E-state index in [1.54, 1.807) is 24.5 Å². The van der Waals surface area contributed by atoms with Crippen LogP contribution in [0.2, 0.25) is 0 Å². The average molecular weight is 337 g/mol. The van der Waals surface area contributed by atoms with Gasteiger partial charge in [0.2, 0.25) is 10.0 Å². The molecule has 1 aromatic heterocycles. The fourth-order valence-electron chi connectivity index (χ4n) is 1.88. The SMILES string of the molecule is COC(CNS(=O)(=O)C=Cc1ccc(C)cc1)c1ccsc1. The number of nitrogens with one attached hydrogen (secondary N) is 1. The molecule has 6 heteroatoms. The molecule has 0 saturated heterocycles. The third-order valence-corrected chi connectivity index (χ3v) is 4.95. The normalized spacial score (nSPS) is 13.5. The van der Waals surface area contributed by atoms with E-state index in [1.807, 2.05) is 48.0 Å². The fraction of sp³-hybridized carbons (Fsp3) is 0.250. The predicted octanol–water partition coefficient (Wildman–Crippen LogP) is 3.33. The van der Waals surface area contributed by atoms with Gasteiger partial charge in [-0.25, -0.2) is 13.1 Å². The Morgan fingerprint density at radius 1 is 1.27 bits per heavy atom. The first kappa shape index (κ1) is 16.9. The number of rotatable bonds is 7. The second-order valence-electron chi connectivity index (χ2n) is 4.89. The van der Waals surface area contributed by atoms with Crippen LogP contribution in [-0.4, -0.2) is 22.1 Å². The highest BCUT2D eigenvalue weighted by Gasteiger charge is 2.14. The van der Waals surface area contributed by atoms with Crippen LogP contribution in [0, 0.1) is 6.92 Å². The Morgan fingerprint density at radius 3 is 2.59 bits per heavy atom. The zero-order chi connectivity index (χ0) is 16.0. The van der Waals surface area contributed by atoms with E-state index in [0.29, 0.717) is 0 Å². The molecule has 4 nitrogen and oxygen atoms in total. The fourth-order valence-corrected chi connectivity index (χ4v) is 3.40. The maximum Gasteiger partial charge on any atom is 0.233 e. The Kier molecular flexibility index (Phi) is 5.90. The van der Waals surface area contributed by atoms with Crippen LogP contribution in [0.1, 0.15) is 22.8 Å². The van der Waals surface area contributed by atoms with Crippen molar-refractivity contribution in [2.24, 2.45) is 0 Å². The lowest BCUT2D eigenvalue weighted by Crippen LogP contribution is -2.27. The van der Waals surface area contributed by atoms with Gasteiger partial charge in [-0.3, -0.25) is 0 Å². The topological polar surface area (TPSA) is 55.4 Å². The Bertz CT molecular complexity index is 704. The third kappa shape index (κ3) is 5.06. The minimum atomic E-state index is -3.49. The van der Waals surface area contributed by atoms with E-state index < -0.39 is 10.0 Å². The average Bonchev–Trinajstić information content (AvgIpc) is 3.02. The monoisotopic (exact) mass is 337 g/mol. The van der Waals surface area contributed by atoms with Gasteiger partial charge in [0, 0.05) is 19.1 Å². The van der Waals surface area contributed by atoms with E-state index in [-0.39, 0.29) is 12.6 Å². The summed E-state index contributed by atoms with van der Waals surface area (Å²) in [6, 6.07) is 9.57. The molecular weight excluding hydrogens is 318 g/mol. The predicted molar refractivity (Wildman–Crippen MR) is 91.2 cm³/mol. The molecule has 0 saturated carbocycles. The molecule has 0 bridgehead atoms. The van der Waals surface area contributed by atoms with Crippen molar-refractivity contribution in [2.45, 2.75) is 13.0 Å². The highest BCUT2D eigenvalue weighted by Crippen LogP contribution is 2.18. The molecule has 0 aliphatic carbocycles. The molecule has 0 aliphatic heterocycles. The Labute approximate surface area is 135 Å². The van der Waals surface area contributed by atoms with Crippen LogP contribution >= 0.6 is 11.3 Å². The molecule has 1 atom stereocenters. The van der Waals surface area contributed by atoms with Gasteiger partial charge in [0.05, 0.1) is 6.10 Å². The summed E-state index contributed by atoms with van der Waals surface area (Å²) in [5, 5.41) is 5.07. The second kappa shape index (κ2) is 7.69. The van der Waals surface area contributed by atoms with E-state index in [9.17, 15) is 8.42 Å². The number of aryl methyl sites for hydroxylation is 1. The van der Waals surface area contributed by atoms with Crippen molar-refractivity contribution >= 4 is 27.4 Å². The molecule has 0 fully saturated rings. The molecule has 22 heavy (non-hydrogen) atoms. The Hall–Kier alpha value is -1.47. The van der Waals surface area contributed by atoms with E-state index in [4.69, 9.17) is 4.74 Å². The van der Waals surface area contributed by atoms with Crippen LogP contribution in [0.4, 0.5) is 0 Å². The quantitative estimate of drug-likeness (QED) is 0.843. The van der Waals surface area contributed by atoms with Gasteiger partial charge >= 0.3 is 0 Å². The molecule has 0 aliphatic rings. The number of ether oxygens (including phenoxy) is 1. The summed E-state index contributed by atoms with van der Waals surface area (Å²) in [6.07, 6.45) is 1.29. The summed E-state index contributed by atoms with van der Waals surface area (Å²) < 4.78 is 31.9. The first-order valence-corrected chi connectivity index (χ1v) is 9.28. The van der Waals surface area contributed by atoms with Crippen LogP contribution in [0.3, 0.4) is 0 Å². The van der Waals surface area contributed by atoms with Crippen molar-refractivity contribution in [1.29, 1.82) is 0 Å². The Balaban J connectivity index is 1.97. The molecule has 1 heterocycles. The van der Waals surface area contributed by atoms with E-state index in [1.165, 1.54) is 5.41 Å². The molecule has 1 aromatic carbocycles. The lowest BCUT2D eigenvalue weighted by atomic mass is 10.2. The van der Waals surface area contributed by atoms with Gasteiger partial charge in [-0.15, -0.1) is 0 Å². The standard InChI is InChI=1S/C16H19NO3S2/c1-13-3-5-14(6-4-13)8-10-22(18,19)17-11-16(20-2)15-7-9-21-12-15/h3-10,12,16-17H,11H2,1-2H3. The van der Waals surface area contributed by atoms with Gasteiger partial charge in [-0.2, -0.15) is 11.3 Å². The highest BCUT2D eigenvalue weighted by molar-refractivity contribution is 7.92. The molecule has 0 radical (unpaired) electrons. The molecular formula is C16H19NO3S2. The van der Waals surface area contributed by atoms with Crippen molar-refractivity contribution in [2.75, 3.05) is 13.7 Å². The molecule has 2 rings (SSSR count). The number of thiophene rings is 1. The van der Waals surface area contributed by atoms with E-state index in [2.05, 4.69) is 4.72 Å². The van der Waals surface area contributed by atoms with Gasteiger partial charge in [0.1, 0.15) is 0 Å². The first-order valence-electron chi connectivity index (χ1n) is 6.79. The molecule has 1 N–H and O–H groups in total. The van der Waals surface area contributed by atoms with Crippen LogP contribution in [0.25, 0.3) is 6.08 Å². The van der Waals surface area contributed by atoms with Crippen LogP contribution in [-0.2, 0) is 14.8 Å². The lowest BCUT2D eigenvalue weighted by Gasteiger charge is -2.14. The zero-order valence-electron chi connectivity index (χ0n) is 12.5. The van der Waals surface area contributed by atoms with Crippen molar-refractivity contribution in [3.8, 4) is 0 Å². The molecule has 118 valence electrons. The van der Waals surface area contributed by atoms with Crippen LogP contribution in [0.5, 0.6) is 0 Å². The molecule has 0 amide bonds. The van der Waals surface area contributed by atoms with Crippen LogP contribution in [0.15, 0.2) is 46.5 Å². The van der Waals surface area contributed by atoms with Gasteiger partial charge in [-0.1, -0.05) is 29.8 Å². The van der Waals surface area contributed by atoms with Gasteiger partial charge in [-0.05, 0) is 41.0 Å². The van der Waals surface area contributed by atoms with Crippen molar-refractivity contribution in [1.82, 2.24) is 4.72 Å². The minimum absolute atomic E-state index is 0.202. The molecule has 0 spiro atoms. The number of sulfonamides is 1. The number of benzene rings is 1. The van der Waals surface area contributed by atoms with Crippen LogP contribution < -0.4 is 4.72 Å². The molecule has 2 aromatic rings. The first-order chi connectivity index (χ1) is 10.5. The summed E-state index contributed by atoms with van der Waals surface area (Å²) in [4.78, 5) is 0. The summed E-state index contributed by atoms with van der Waals surface area (Å²) in [5.41, 5.74) is 2.95. The van der Waals surface area contributed by atoms with E-state index in [0.717, 1.165) is 16.7 Å². The second-order valence-corrected chi connectivity index (χ2v) is 7.32. The van der Waals surface area contributed by atoms with E-state index >= 15 is 0 Å². The third-order valence-electron chi connectivity index (χ3n) is 3.19. The maximum absolute atomic E-state index is 12.0. The lowest BCUT2D eigenvalue weighted by molar-refractivity contribution is 0.108. The number of hydrogen-bond donors (Lipinski definition) is 1. The summed E-state index contributed by atoms with van der Waals surface area (Å²) in [7, 11) is -1.93. The maximum atomic E-state index is 12.0. The summed E-state index contributed by atoms with van der Waals surface area (Å²) >= 11 is 1.55.